The van der Waals surface area contributed by atoms with Crippen molar-refractivity contribution in [3.63, 3.8) is 0 Å². The largest absolute Gasteiger partial charge is 0.481 e. The molecule has 0 radical (unpaired) electrons. The number of aliphatic carboxylic acids is 1. The van der Waals surface area contributed by atoms with E-state index in [0.29, 0.717) is 12.5 Å². The van der Waals surface area contributed by atoms with Gasteiger partial charge in [-0.05, 0) is 26.2 Å². The van der Waals surface area contributed by atoms with Gasteiger partial charge < -0.3 is 15.2 Å². The van der Waals surface area contributed by atoms with Crippen molar-refractivity contribution < 1.29 is 14.6 Å². The second-order valence-electron chi connectivity index (χ2n) is 3.88. The van der Waals surface area contributed by atoms with Gasteiger partial charge in [0.1, 0.15) is 0 Å². The molecule has 1 fully saturated rings. The molecule has 0 aromatic rings. The van der Waals surface area contributed by atoms with Crippen LogP contribution in [0.1, 0.15) is 32.6 Å². The van der Waals surface area contributed by atoms with Crippen molar-refractivity contribution >= 4 is 5.97 Å². The van der Waals surface area contributed by atoms with E-state index in [4.69, 9.17) is 9.84 Å². The second-order valence-corrected chi connectivity index (χ2v) is 3.88. The van der Waals surface area contributed by atoms with Gasteiger partial charge in [0.05, 0.1) is 6.10 Å². The quantitative estimate of drug-likeness (QED) is 0.673. The van der Waals surface area contributed by atoms with Gasteiger partial charge in [0.2, 0.25) is 0 Å². The van der Waals surface area contributed by atoms with Crippen LogP contribution in [0.2, 0.25) is 0 Å². The van der Waals surface area contributed by atoms with Crippen molar-refractivity contribution in [3.8, 4) is 0 Å². The Hall–Kier alpha value is -0.610. The Morgan fingerprint density at radius 3 is 3.07 bits per heavy atom. The highest BCUT2D eigenvalue weighted by Crippen LogP contribution is 2.11. The summed E-state index contributed by atoms with van der Waals surface area (Å²) in [4.78, 5) is 10.3. The zero-order valence-corrected chi connectivity index (χ0v) is 8.66. The molecular weight excluding hydrogens is 182 g/mol. The Balaban J connectivity index is 2.02. The van der Waals surface area contributed by atoms with Crippen LogP contribution in [0.25, 0.3) is 0 Å². The summed E-state index contributed by atoms with van der Waals surface area (Å²) in [7, 11) is 0. The van der Waals surface area contributed by atoms with Crippen LogP contribution in [0.15, 0.2) is 0 Å². The fourth-order valence-corrected chi connectivity index (χ4v) is 1.58. The molecule has 1 saturated heterocycles. The maximum atomic E-state index is 10.3. The smallest absolute Gasteiger partial charge is 0.303 e. The molecule has 2 atom stereocenters. The van der Waals surface area contributed by atoms with E-state index in [1.165, 1.54) is 0 Å². The fourth-order valence-electron chi connectivity index (χ4n) is 1.58. The number of ether oxygens (including phenoxy) is 1. The Kier molecular flexibility index (Phi) is 4.90. The van der Waals surface area contributed by atoms with Crippen molar-refractivity contribution in [2.75, 3.05) is 13.2 Å². The Labute approximate surface area is 84.6 Å². The van der Waals surface area contributed by atoms with Crippen LogP contribution in [-0.2, 0) is 9.53 Å². The molecule has 4 heteroatoms. The maximum Gasteiger partial charge on any atom is 0.303 e. The Morgan fingerprint density at radius 2 is 2.50 bits per heavy atom. The molecule has 2 unspecified atom stereocenters. The number of carboxylic acid groups (broad SMARTS) is 1. The van der Waals surface area contributed by atoms with Gasteiger partial charge in [0, 0.05) is 25.6 Å². The fraction of sp³-hybridized carbons (Fsp3) is 0.900. The van der Waals surface area contributed by atoms with E-state index in [-0.39, 0.29) is 12.5 Å². The minimum atomic E-state index is -0.726. The highest BCUT2D eigenvalue weighted by molar-refractivity contribution is 5.66. The predicted octanol–water partition coefficient (Wildman–Crippen LogP) is 1.01. The third-order valence-electron chi connectivity index (χ3n) is 2.51. The van der Waals surface area contributed by atoms with Crippen molar-refractivity contribution in [1.29, 1.82) is 0 Å². The van der Waals surface area contributed by atoms with Crippen LogP contribution in [0.5, 0.6) is 0 Å². The van der Waals surface area contributed by atoms with Gasteiger partial charge in [-0.1, -0.05) is 0 Å². The number of hydrogen-bond donors (Lipinski definition) is 2. The molecule has 4 nitrogen and oxygen atoms in total. The van der Waals surface area contributed by atoms with Crippen LogP contribution in [0.4, 0.5) is 0 Å². The van der Waals surface area contributed by atoms with Crippen molar-refractivity contribution in [2.45, 2.75) is 44.8 Å². The van der Waals surface area contributed by atoms with E-state index in [1.54, 1.807) is 0 Å². The minimum Gasteiger partial charge on any atom is -0.481 e. The van der Waals surface area contributed by atoms with Gasteiger partial charge in [-0.25, -0.2) is 0 Å². The summed E-state index contributed by atoms with van der Waals surface area (Å²) >= 11 is 0. The molecule has 1 aliphatic heterocycles. The lowest BCUT2D eigenvalue weighted by Gasteiger charge is -2.15. The monoisotopic (exact) mass is 201 g/mol. The second kappa shape index (κ2) is 5.98. The summed E-state index contributed by atoms with van der Waals surface area (Å²) < 4.78 is 5.45. The van der Waals surface area contributed by atoms with E-state index in [0.717, 1.165) is 26.0 Å². The average Bonchev–Trinajstić information content (AvgIpc) is 2.63. The van der Waals surface area contributed by atoms with E-state index in [9.17, 15) is 4.79 Å². The molecule has 0 bridgehead atoms. The predicted molar refractivity (Wildman–Crippen MR) is 53.3 cm³/mol. The molecule has 82 valence electrons. The van der Waals surface area contributed by atoms with Gasteiger partial charge in [-0.3, -0.25) is 4.79 Å². The van der Waals surface area contributed by atoms with E-state index in [1.807, 2.05) is 6.92 Å². The molecular formula is C10H19NO3. The molecule has 14 heavy (non-hydrogen) atoms. The molecule has 0 spiro atoms. The first-order chi connectivity index (χ1) is 6.68. The van der Waals surface area contributed by atoms with Crippen LogP contribution in [-0.4, -0.2) is 36.4 Å². The van der Waals surface area contributed by atoms with Crippen molar-refractivity contribution in [2.24, 2.45) is 0 Å². The highest BCUT2D eigenvalue weighted by atomic mass is 16.5. The van der Waals surface area contributed by atoms with E-state index < -0.39 is 5.97 Å². The Bertz CT molecular complexity index is 178. The summed E-state index contributed by atoms with van der Waals surface area (Å²) in [6.07, 6.45) is 3.53. The minimum absolute atomic E-state index is 0.236. The standard InChI is InChI=1S/C10H19NO3/c1-8(4-5-10(12)13)11-7-9-3-2-6-14-9/h8-9,11H,2-7H2,1H3,(H,12,13). The summed E-state index contributed by atoms with van der Waals surface area (Å²) in [5.41, 5.74) is 0. The molecule has 0 aliphatic carbocycles. The first kappa shape index (κ1) is 11.5. The first-order valence-electron chi connectivity index (χ1n) is 5.25. The molecule has 1 rings (SSSR count). The molecule has 0 aromatic heterocycles. The lowest BCUT2D eigenvalue weighted by Crippen LogP contribution is -2.33. The van der Waals surface area contributed by atoms with Gasteiger partial charge in [0.25, 0.3) is 0 Å². The number of hydrogen-bond acceptors (Lipinski definition) is 3. The molecule has 1 heterocycles. The lowest BCUT2D eigenvalue weighted by atomic mass is 10.1. The number of rotatable bonds is 6. The number of nitrogens with one attached hydrogen (secondary N) is 1. The number of carboxylic acids is 1. The lowest BCUT2D eigenvalue weighted by molar-refractivity contribution is -0.137. The summed E-state index contributed by atoms with van der Waals surface area (Å²) in [6.45, 7) is 3.73. The molecule has 0 saturated carbocycles. The number of carbonyl (C=O) groups is 1. The third-order valence-corrected chi connectivity index (χ3v) is 2.51. The summed E-state index contributed by atoms with van der Waals surface area (Å²) in [5, 5.41) is 11.8. The first-order valence-corrected chi connectivity index (χ1v) is 5.25. The zero-order valence-electron chi connectivity index (χ0n) is 8.66. The van der Waals surface area contributed by atoms with Gasteiger partial charge in [-0.2, -0.15) is 0 Å². The maximum absolute atomic E-state index is 10.3. The zero-order chi connectivity index (χ0) is 10.4. The van der Waals surface area contributed by atoms with Crippen LogP contribution in [0.3, 0.4) is 0 Å². The topological polar surface area (TPSA) is 58.6 Å². The van der Waals surface area contributed by atoms with Crippen molar-refractivity contribution in [3.05, 3.63) is 0 Å². The van der Waals surface area contributed by atoms with Crippen LogP contribution >= 0.6 is 0 Å². The normalized spacial score (nSPS) is 23.6. The van der Waals surface area contributed by atoms with Crippen molar-refractivity contribution in [1.82, 2.24) is 5.32 Å². The van der Waals surface area contributed by atoms with E-state index in [2.05, 4.69) is 5.32 Å². The average molecular weight is 201 g/mol. The molecule has 0 aromatic carbocycles. The highest BCUT2D eigenvalue weighted by Gasteiger charge is 2.15. The molecule has 1 aliphatic rings. The molecule has 2 N–H and O–H groups in total. The summed E-state index contributed by atoms with van der Waals surface area (Å²) in [6, 6.07) is 0.260. The van der Waals surface area contributed by atoms with Crippen LogP contribution < -0.4 is 5.32 Å². The van der Waals surface area contributed by atoms with Crippen LogP contribution in [0, 0.1) is 0 Å². The van der Waals surface area contributed by atoms with Gasteiger partial charge >= 0.3 is 5.97 Å². The third kappa shape index (κ3) is 4.58. The molecule has 0 amide bonds. The van der Waals surface area contributed by atoms with Gasteiger partial charge in [-0.15, -0.1) is 0 Å². The Morgan fingerprint density at radius 1 is 1.71 bits per heavy atom. The van der Waals surface area contributed by atoms with Gasteiger partial charge in [0.15, 0.2) is 0 Å². The summed E-state index contributed by atoms with van der Waals surface area (Å²) in [5.74, 6) is -0.726. The van der Waals surface area contributed by atoms with E-state index >= 15 is 0 Å². The SMILES string of the molecule is CC(CCC(=O)O)NCC1CCCO1.